The molecule has 1 aromatic heterocycles. The molecule has 0 amide bonds. The van der Waals surface area contributed by atoms with E-state index in [2.05, 4.69) is 46.0 Å². The first kappa shape index (κ1) is 17.9. The van der Waals surface area contributed by atoms with Gasteiger partial charge in [-0.2, -0.15) is 0 Å². The van der Waals surface area contributed by atoms with Crippen LogP contribution in [0.15, 0.2) is 47.6 Å². The summed E-state index contributed by atoms with van der Waals surface area (Å²) in [6, 6.07) is 14.4. The first-order valence-corrected chi connectivity index (χ1v) is 10.2. The van der Waals surface area contributed by atoms with E-state index in [-0.39, 0.29) is 6.10 Å². The van der Waals surface area contributed by atoms with Gasteiger partial charge in [-0.05, 0) is 45.0 Å². The second kappa shape index (κ2) is 7.64. The molecule has 3 aromatic rings. The Hall–Kier alpha value is -2.47. The van der Waals surface area contributed by atoms with Crippen molar-refractivity contribution in [1.82, 2.24) is 14.8 Å². The SMILES string of the molecule is CCOc1cc2c(cc1CSc1nnc(C)n1-c1ccccc1)OC(C)C2. The summed E-state index contributed by atoms with van der Waals surface area (Å²) in [4.78, 5) is 0. The highest BCUT2D eigenvalue weighted by Gasteiger charge is 2.22. The number of thioether (sulfide) groups is 1. The third-order valence-electron chi connectivity index (χ3n) is 4.55. The van der Waals surface area contributed by atoms with Crippen molar-refractivity contribution in [2.75, 3.05) is 6.61 Å². The van der Waals surface area contributed by atoms with Crippen LogP contribution in [0.2, 0.25) is 0 Å². The normalized spacial score (nSPS) is 15.4. The van der Waals surface area contributed by atoms with Gasteiger partial charge in [-0.1, -0.05) is 30.0 Å². The summed E-state index contributed by atoms with van der Waals surface area (Å²) in [5.41, 5.74) is 3.41. The maximum atomic E-state index is 5.93. The molecular formula is C21H23N3O2S. The zero-order chi connectivity index (χ0) is 18.8. The molecule has 2 heterocycles. The van der Waals surface area contributed by atoms with Crippen LogP contribution >= 0.6 is 11.8 Å². The van der Waals surface area contributed by atoms with Gasteiger partial charge in [-0.25, -0.2) is 0 Å². The molecule has 6 heteroatoms. The number of nitrogens with zero attached hydrogens (tertiary/aromatic N) is 3. The molecule has 4 rings (SSSR count). The predicted molar refractivity (Wildman–Crippen MR) is 107 cm³/mol. The highest BCUT2D eigenvalue weighted by atomic mass is 32.2. The first-order valence-electron chi connectivity index (χ1n) is 9.21. The largest absolute Gasteiger partial charge is 0.494 e. The number of fused-ring (bicyclic) bond motifs is 1. The van der Waals surface area contributed by atoms with Crippen molar-refractivity contribution in [2.24, 2.45) is 0 Å². The van der Waals surface area contributed by atoms with Crippen LogP contribution in [0.5, 0.6) is 11.5 Å². The molecule has 0 radical (unpaired) electrons. The Morgan fingerprint density at radius 3 is 2.81 bits per heavy atom. The Balaban J connectivity index is 1.61. The minimum absolute atomic E-state index is 0.223. The molecule has 1 aliphatic rings. The fraction of sp³-hybridized carbons (Fsp3) is 0.333. The molecule has 0 N–H and O–H groups in total. The van der Waals surface area contributed by atoms with E-state index in [0.717, 1.165) is 45.9 Å². The van der Waals surface area contributed by atoms with Crippen molar-refractivity contribution >= 4 is 11.8 Å². The smallest absolute Gasteiger partial charge is 0.196 e. The van der Waals surface area contributed by atoms with Crippen LogP contribution in [0.3, 0.4) is 0 Å². The average molecular weight is 382 g/mol. The number of rotatable bonds is 6. The van der Waals surface area contributed by atoms with Gasteiger partial charge in [0, 0.05) is 29.0 Å². The fourth-order valence-corrected chi connectivity index (χ4v) is 4.31. The molecule has 5 nitrogen and oxygen atoms in total. The van der Waals surface area contributed by atoms with Gasteiger partial charge in [-0.15, -0.1) is 10.2 Å². The second-order valence-corrected chi connectivity index (χ2v) is 7.57. The summed E-state index contributed by atoms with van der Waals surface area (Å²) in [6.45, 7) is 6.73. The standard InChI is InChI=1S/C21H23N3O2S/c1-4-25-19-11-16-10-14(2)26-20(16)12-17(19)13-27-21-23-22-15(3)24(21)18-8-6-5-7-9-18/h5-9,11-12,14H,4,10,13H2,1-3H3. The molecule has 0 bridgehead atoms. The maximum Gasteiger partial charge on any atom is 0.196 e. The van der Waals surface area contributed by atoms with Crippen LogP contribution in [0, 0.1) is 6.92 Å². The Morgan fingerprint density at radius 2 is 2.04 bits per heavy atom. The molecule has 0 spiro atoms. The van der Waals surface area contributed by atoms with E-state index in [1.165, 1.54) is 5.56 Å². The number of para-hydroxylation sites is 1. The van der Waals surface area contributed by atoms with Gasteiger partial charge in [-0.3, -0.25) is 4.57 Å². The molecule has 0 fully saturated rings. The third-order valence-corrected chi connectivity index (χ3v) is 5.52. The lowest BCUT2D eigenvalue weighted by Crippen LogP contribution is -2.05. The Labute approximate surface area is 163 Å². The van der Waals surface area contributed by atoms with Crippen molar-refractivity contribution < 1.29 is 9.47 Å². The first-order chi connectivity index (χ1) is 13.2. The minimum Gasteiger partial charge on any atom is -0.494 e. The third kappa shape index (κ3) is 3.67. The van der Waals surface area contributed by atoms with Gasteiger partial charge in [0.05, 0.1) is 6.61 Å². The lowest BCUT2D eigenvalue weighted by molar-refractivity contribution is 0.254. The van der Waals surface area contributed by atoms with Crippen LogP contribution in [0.1, 0.15) is 30.8 Å². The monoisotopic (exact) mass is 381 g/mol. The Bertz CT molecular complexity index is 940. The van der Waals surface area contributed by atoms with Gasteiger partial charge in [0.1, 0.15) is 23.4 Å². The Morgan fingerprint density at radius 1 is 1.22 bits per heavy atom. The van der Waals surface area contributed by atoms with Crippen molar-refractivity contribution in [3.63, 3.8) is 0 Å². The Kier molecular flexibility index (Phi) is 5.07. The number of benzene rings is 2. The minimum atomic E-state index is 0.223. The quantitative estimate of drug-likeness (QED) is 0.585. The van der Waals surface area contributed by atoms with E-state index in [0.29, 0.717) is 6.61 Å². The molecule has 0 saturated heterocycles. The summed E-state index contributed by atoms with van der Waals surface area (Å²) in [7, 11) is 0. The second-order valence-electron chi connectivity index (χ2n) is 6.62. The number of aromatic nitrogens is 3. The molecule has 140 valence electrons. The van der Waals surface area contributed by atoms with Crippen molar-refractivity contribution in [3.8, 4) is 17.2 Å². The summed E-state index contributed by atoms with van der Waals surface area (Å²) < 4.78 is 13.9. The van der Waals surface area contributed by atoms with Gasteiger partial charge in [0.2, 0.25) is 0 Å². The van der Waals surface area contributed by atoms with E-state index in [1.54, 1.807) is 11.8 Å². The molecule has 0 saturated carbocycles. The van der Waals surface area contributed by atoms with Crippen LogP contribution < -0.4 is 9.47 Å². The van der Waals surface area contributed by atoms with Gasteiger partial charge in [0.25, 0.3) is 0 Å². The number of hydrogen-bond acceptors (Lipinski definition) is 5. The summed E-state index contributed by atoms with van der Waals surface area (Å²) in [6.07, 6.45) is 1.16. The van der Waals surface area contributed by atoms with Crippen LogP contribution in [-0.4, -0.2) is 27.5 Å². The van der Waals surface area contributed by atoms with Crippen molar-refractivity contribution in [1.29, 1.82) is 0 Å². The van der Waals surface area contributed by atoms with Gasteiger partial charge < -0.3 is 9.47 Å². The molecule has 2 aromatic carbocycles. The summed E-state index contributed by atoms with van der Waals surface area (Å²) in [5.74, 6) is 3.52. The van der Waals surface area contributed by atoms with Gasteiger partial charge >= 0.3 is 0 Å². The lowest BCUT2D eigenvalue weighted by Gasteiger charge is -2.13. The van der Waals surface area contributed by atoms with Crippen LogP contribution in [-0.2, 0) is 12.2 Å². The fourth-order valence-electron chi connectivity index (χ4n) is 3.34. The average Bonchev–Trinajstić information content (AvgIpc) is 3.21. The van der Waals surface area contributed by atoms with E-state index >= 15 is 0 Å². The van der Waals surface area contributed by atoms with Gasteiger partial charge in [0.15, 0.2) is 5.16 Å². The summed E-state index contributed by atoms with van der Waals surface area (Å²) in [5, 5.41) is 9.51. The van der Waals surface area contributed by atoms with E-state index in [9.17, 15) is 0 Å². The van der Waals surface area contributed by atoms with Crippen LogP contribution in [0.4, 0.5) is 0 Å². The van der Waals surface area contributed by atoms with Crippen molar-refractivity contribution in [2.45, 2.75) is 44.2 Å². The predicted octanol–water partition coefficient (Wildman–Crippen LogP) is 4.59. The number of aryl methyl sites for hydroxylation is 1. The van der Waals surface area contributed by atoms with E-state index in [1.807, 2.05) is 32.0 Å². The zero-order valence-corrected chi connectivity index (χ0v) is 16.6. The lowest BCUT2D eigenvalue weighted by atomic mass is 10.1. The highest BCUT2D eigenvalue weighted by Crippen LogP contribution is 2.37. The molecule has 1 atom stereocenters. The van der Waals surface area contributed by atoms with E-state index < -0.39 is 0 Å². The molecule has 1 aliphatic heterocycles. The van der Waals surface area contributed by atoms with Crippen molar-refractivity contribution in [3.05, 3.63) is 59.4 Å². The van der Waals surface area contributed by atoms with Crippen LogP contribution in [0.25, 0.3) is 5.69 Å². The topological polar surface area (TPSA) is 49.2 Å². The number of ether oxygens (including phenoxy) is 2. The highest BCUT2D eigenvalue weighted by molar-refractivity contribution is 7.98. The molecule has 0 aliphatic carbocycles. The molecule has 27 heavy (non-hydrogen) atoms. The summed E-state index contributed by atoms with van der Waals surface area (Å²) >= 11 is 1.66. The number of hydrogen-bond donors (Lipinski definition) is 0. The zero-order valence-electron chi connectivity index (χ0n) is 15.8. The molecule has 1 unspecified atom stereocenters. The maximum absolute atomic E-state index is 5.93. The molecular weight excluding hydrogens is 358 g/mol. The van der Waals surface area contributed by atoms with E-state index in [4.69, 9.17) is 9.47 Å².